The maximum atomic E-state index is 12.7. The minimum atomic E-state index is -0.525. The smallest absolute Gasteiger partial charge is 0.356 e. The predicted molar refractivity (Wildman–Crippen MR) is 93.2 cm³/mol. The fourth-order valence-electron chi connectivity index (χ4n) is 2.87. The van der Waals surface area contributed by atoms with E-state index in [-0.39, 0.29) is 5.97 Å². The van der Waals surface area contributed by atoms with Gasteiger partial charge in [0.25, 0.3) is 0 Å². The van der Waals surface area contributed by atoms with E-state index in [0.29, 0.717) is 5.70 Å². The van der Waals surface area contributed by atoms with Gasteiger partial charge in [-0.3, -0.25) is 4.98 Å². The Morgan fingerprint density at radius 3 is 2.83 bits per heavy atom. The first kappa shape index (κ1) is 14.3. The monoisotopic (exact) mass is 324 g/mol. The summed E-state index contributed by atoms with van der Waals surface area (Å²) in [5, 5.41) is 4.02. The first-order chi connectivity index (χ1) is 11.0. The zero-order chi connectivity index (χ0) is 16.2. The first-order valence-corrected chi connectivity index (χ1v) is 8.31. The van der Waals surface area contributed by atoms with Gasteiger partial charge < -0.3 is 9.30 Å². The van der Waals surface area contributed by atoms with Gasteiger partial charge in [0.15, 0.2) is 0 Å². The highest BCUT2D eigenvalue weighted by Crippen LogP contribution is 2.42. The normalized spacial score (nSPS) is 14.1. The fourth-order valence-corrected chi connectivity index (χ4v) is 3.78. The van der Waals surface area contributed by atoms with Crippen molar-refractivity contribution in [2.45, 2.75) is 31.3 Å². The lowest BCUT2D eigenvalue weighted by molar-refractivity contribution is -0.147. The molecule has 0 atom stereocenters. The van der Waals surface area contributed by atoms with Crippen molar-refractivity contribution in [3.8, 4) is 0 Å². The van der Waals surface area contributed by atoms with E-state index in [4.69, 9.17) is 4.74 Å². The van der Waals surface area contributed by atoms with E-state index >= 15 is 0 Å². The average Bonchev–Trinajstić information content (AvgIpc) is 2.83. The molecule has 0 amide bonds. The summed E-state index contributed by atoms with van der Waals surface area (Å²) < 4.78 is 7.58. The van der Waals surface area contributed by atoms with Gasteiger partial charge in [0.05, 0.1) is 11.0 Å². The molecule has 0 saturated carbocycles. The van der Waals surface area contributed by atoms with E-state index in [0.717, 1.165) is 26.7 Å². The maximum Gasteiger partial charge on any atom is 0.356 e. The van der Waals surface area contributed by atoms with Gasteiger partial charge in [0, 0.05) is 33.5 Å². The maximum absolute atomic E-state index is 12.7. The molecule has 1 aromatic carbocycles. The van der Waals surface area contributed by atoms with Gasteiger partial charge in [-0.15, -0.1) is 0 Å². The zero-order valence-corrected chi connectivity index (χ0v) is 14.0. The molecule has 5 heteroatoms. The van der Waals surface area contributed by atoms with Crippen molar-refractivity contribution in [3.63, 3.8) is 0 Å². The predicted octanol–water partition coefficient (Wildman–Crippen LogP) is 4.44. The number of ether oxygens (including phenoxy) is 1. The van der Waals surface area contributed by atoms with Crippen LogP contribution in [0.25, 0.3) is 27.5 Å². The molecular formula is C18H16N2O2S. The molecule has 0 saturated heterocycles. The van der Waals surface area contributed by atoms with Crippen molar-refractivity contribution in [1.29, 1.82) is 0 Å². The van der Waals surface area contributed by atoms with E-state index in [1.165, 1.54) is 0 Å². The van der Waals surface area contributed by atoms with Crippen molar-refractivity contribution in [2.75, 3.05) is 0 Å². The summed E-state index contributed by atoms with van der Waals surface area (Å²) >= 11 is 1.55. The SMILES string of the molecule is CC(C)(C)OC(=O)C1=CSc2cccc3c4cnccc4n1c23. The van der Waals surface area contributed by atoms with Gasteiger partial charge in [-0.2, -0.15) is 0 Å². The van der Waals surface area contributed by atoms with Gasteiger partial charge in [0.2, 0.25) is 0 Å². The van der Waals surface area contributed by atoms with E-state index in [1.807, 2.05) is 49.1 Å². The van der Waals surface area contributed by atoms with Crippen LogP contribution in [-0.4, -0.2) is 21.1 Å². The number of aromatic nitrogens is 2. The highest BCUT2D eigenvalue weighted by atomic mass is 32.2. The Morgan fingerprint density at radius 2 is 2.04 bits per heavy atom. The molecule has 1 aliphatic heterocycles. The molecule has 0 unspecified atom stereocenters. The van der Waals surface area contributed by atoms with Crippen molar-refractivity contribution < 1.29 is 9.53 Å². The molecule has 0 fully saturated rings. The number of hydrogen-bond donors (Lipinski definition) is 0. The van der Waals surface area contributed by atoms with Crippen LogP contribution in [0.5, 0.6) is 0 Å². The Labute approximate surface area is 138 Å². The molecule has 0 N–H and O–H groups in total. The second-order valence-electron chi connectivity index (χ2n) is 6.50. The van der Waals surface area contributed by atoms with Crippen molar-refractivity contribution in [3.05, 3.63) is 42.1 Å². The van der Waals surface area contributed by atoms with Crippen molar-refractivity contribution in [2.24, 2.45) is 0 Å². The van der Waals surface area contributed by atoms with Crippen LogP contribution in [0.4, 0.5) is 0 Å². The number of fused-ring (bicyclic) bond motifs is 3. The summed E-state index contributed by atoms with van der Waals surface area (Å²) in [6.07, 6.45) is 3.60. The number of thioether (sulfide) groups is 1. The minimum Gasteiger partial charge on any atom is -0.455 e. The van der Waals surface area contributed by atoms with Crippen molar-refractivity contribution in [1.82, 2.24) is 9.55 Å². The van der Waals surface area contributed by atoms with Crippen LogP contribution in [0.2, 0.25) is 0 Å². The molecule has 0 bridgehead atoms. The summed E-state index contributed by atoms with van der Waals surface area (Å²) in [6, 6.07) is 8.11. The summed E-state index contributed by atoms with van der Waals surface area (Å²) in [6.45, 7) is 5.63. The number of nitrogens with zero attached hydrogens (tertiary/aromatic N) is 2. The first-order valence-electron chi connectivity index (χ1n) is 7.43. The Bertz CT molecular complexity index is 980. The van der Waals surface area contributed by atoms with Gasteiger partial charge in [-0.05, 0) is 32.9 Å². The number of rotatable bonds is 1. The molecule has 2 aromatic heterocycles. The van der Waals surface area contributed by atoms with Crippen LogP contribution in [-0.2, 0) is 9.53 Å². The van der Waals surface area contributed by atoms with Gasteiger partial charge in [-0.1, -0.05) is 23.9 Å². The molecule has 4 rings (SSSR count). The highest BCUT2D eigenvalue weighted by Gasteiger charge is 2.27. The minimum absolute atomic E-state index is 0.310. The summed E-state index contributed by atoms with van der Waals surface area (Å²) in [5.74, 6) is -0.310. The number of benzene rings is 1. The summed E-state index contributed by atoms with van der Waals surface area (Å²) in [5.41, 5.74) is 2.04. The quantitative estimate of drug-likeness (QED) is 0.621. The van der Waals surface area contributed by atoms with E-state index < -0.39 is 5.60 Å². The van der Waals surface area contributed by atoms with E-state index in [1.54, 1.807) is 18.0 Å². The van der Waals surface area contributed by atoms with Crippen molar-refractivity contribution >= 4 is 45.2 Å². The number of carbonyl (C=O) groups excluding carboxylic acids is 1. The van der Waals surface area contributed by atoms with Crippen LogP contribution < -0.4 is 0 Å². The standard InChI is InChI=1S/C18H16N2O2S/c1-18(2,3)22-17(21)14-10-23-15-6-4-5-11-12-9-19-8-7-13(12)20(14)16(11)15/h4-10H,1-3H3. The van der Waals surface area contributed by atoms with Crippen LogP contribution >= 0.6 is 11.8 Å². The highest BCUT2D eigenvalue weighted by molar-refractivity contribution is 8.02. The molecule has 3 aromatic rings. The zero-order valence-electron chi connectivity index (χ0n) is 13.2. The third-order valence-corrected chi connectivity index (χ3v) is 4.62. The van der Waals surface area contributed by atoms with Crippen LogP contribution in [0.15, 0.2) is 47.0 Å². The average molecular weight is 324 g/mol. The Kier molecular flexibility index (Phi) is 3.03. The molecule has 4 nitrogen and oxygen atoms in total. The summed E-state index contributed by atoms with van der Waals surface area (Å²) in [7, 11) is 0. The second kappa shape index (κ2) is 4.86. The van der Waals surface area contributed by atoms with Gasteiger partial charge >= 0.3 is 5.97 Å². The molecule has 0 aliphatic carbocycles. The lowest BCUT2D eigenvalue weighted by atomic mass is 10.2. The molecule has 1 aliphatic rings. The van der Waals surface area contributed by atoms with E-state index in [9.17, 15) is 4.79 Å². The molecule has 23 heavy (non-hydrogen) atoms. The largest absolute Gasteiger partial charge is 0.455 e. The van der Waals surface area contributed by atoms with Gasteiger partial charge in [0.1, 0.15) is 11.3 Å². The number of pyridine rings is 1. The lowest BCUT2D eigenvalue weighted by Gasteiger charge is -2.23. The van der Waals surface area contributed by atoms with Crippen LogP contribution in [0, 0.1) is 0 Å². The molecule has 116 valence electrons. The second-order valence-corrected chi connectivity index (χ2v) is 7.41. The number of carbonyl (C=O) groups is 1. The Hall–Kier alpha value is -2.27. The third-order valence-electron chi connectivity index (χ3n) is 3.70. The summed E-state index contributed by atoms with van der Waals surface area (Å²) in [4.78, 5) is 18.0. The number of esters is 1. The van der Waals surface area contributed by atoms with E-state index in [2.05, 4.69) is 17.1 Å². The molecule has 3 heterocycles. The Balaban J connectivity index is 2.00. The number of para-hydroxylation sites is 1. The van der Waals surface area contributed by atoms with Crippen LogP contribution in [0.1, 0.15) is 20.8 Å². The lowest BCUT2D eigenvalue weighted by Crippen LogP contribution is -2.26. The molecule has 0 radical (unpaired) electrons. The fraction of sp³-hybridized carbons (Fsp3) is 0.222. The third kappa shape index (κ3) is 2.23. The number of hydrogen-bond acceptors (Lipinski definition) is 4. The topological polar surface area (TPSA) is 44.1 Å². The van der Waals surface area contributed by atoms with Gasteiger partial charge in [-0.25, -0.2) is 4.79 Å². The molecule has 0 spiro atoms. The molecular weight excluding hydrogens is 308 g/mol. The Morgan fingerprint density at radius 1 is 1.22 bits per heavy atom. The van der Waals surface area contributed by atoms with Crippen LogP contribution in [0.3, 0.4) is 0 Å².